The zero-order valence-electron chi connectivity index (χ0n) is 14.4. The van der Waals surface area contributed by atoms with E-state index in [1.165, 1.54) is 0 Å². The lowest BCUT2D eigenvalue weighted by Crippen LogP contribution is -2.12. The molecule has 0 aliphatic rings. The van der Waals surface area contributed by atoms with Gasteiger partial charge in [-0.3, -0.25) is 4.79 Å². The molecule has 0 aliphatic carbocycles. The van der Waals surface area contributed by atoms with E-state index in [9.17, 15) is 4.79 Å². The van der Waals surface area contributed by atoms with Crippen LogP contribution in [0, 0.1) is 11.3 Å². The Kier molecular flexibility index (Phi) is 4.26. The third-order valence-corrected chi connectivity index (χ3v) is 4.48. The molecule has 2 aromatic heterocycles. The number of aromatic nitrogens is 4. The predicted molar refractivity (Wildman–Crippen MR) is 97.7 cm³/mol. The molecule has 27 heavy (non-hydrogen) atoms. The highest BCUT2D eigenvalue weighted by atomic mass is 16.3. The van der Waals surface area contributed by atoms with Gasteiger partial charge in [-0.25, -0.2) is 4.68 Å². The maximum Gasteiger partial charge on any atom is 0.249 e. The average molecular weight is 360 g/mol. The number of primary amides is 1. The van der Waals surface area contributed by atoms with Crippen LogP contribution >= 0.6 is 0 Å². The van der Waals surface area contributed by atoms with E-state index in [4.69, 9.17) is 15.4 Å². The van der Waals surface area contributed by atoms with Crippen LogP contribution in [-0.2, 0) is 19.4 Å². The van der Waals surface area contributed by atoms with E-state index in [1.807, 2.05) is 30.3 Å². The summed E-state index contributed by atoms with van der Waals surface area (Å²) >= 11 is 0. The van der Waals surface area contributed by atoms with Crippen LogP contribution in [0.5, 0.6) is 0 Å². The first-order valence-electron chi connectivity index (χ1n) is 8.53. The Bertz CT molecular complexity index is 1180. The molecule has 0 radical (unpaired) electrons. The Labute approximate surface area is 154 Å². The molecule has 2 aromatic carbocycles. The van der Waals surface area contributed by atoms with E-state index >= 15 is 0 Å². The number of nitrogens with zero attached hydrogens (tertiary/aromatic N) is 5. The molecule has 0 bridgehead atoms. The summed E-state index contributed by atoms with van der Waals surface area (Å²) in [6.07, 6.45) is 1.53. The van der Waals surface area contributed by atoms with Gasteiger partial charge in [-0.05, 0) is 40.6 Å². The van der Waals surface area contributed by atoms with Crippen molar-refractivity contribution >= 4 is 27.8 Å². The predicted octanol–water partition coefficient (Wildman–Crippen LogP) is 2.37. The Balaban J connectivity index is 1.69. The molecule has 0 atom stereocenters. The fraction of sp³-hybridized carbons (Fsp3) is 0.211. The van der Waals surface area contributed by atoms with Gasteiger partial charge in [-0.15, -0.1) is 5.10 Å². The fourth-order valence-corrected chi connectivity index (χ4v) is 3.24. The van der Waals surface area contributed by atoms with E-state index in [0.29, 0.717) is 48.4 Å². The van der Waals surface area contributed by atoms with Gasteiger partial charge in [-0.2, -0.15) is 5.26 Å². The summed E-state index contributed by atoms with van der Waals surface area (Å²) in [5.41, 5.74) is 8.32. The second kappa shape index (κ2) is 6.88. The number of benzene rings is 2. The number of hydrogen-bond donors (Lipinski definition) is 1. The molecule has 0 aliphatic heterocycles. The highest BCUT2D eigenvalue weighted by Gasteiger charge is 2.16. The third kappa shape index (κ3) is 3.11. The Morgan fingerprint density at radius 3 is 2.89 bits per heavy atom. The van der Waals surface area contributed by atoms with Gasteiger partial charge in [0.15, 0.2) is 5.82 Å². The number of nitriles is 1. The van der Waals surface area contributed by atoms with Crippen molar-refractivity contribution in [3.05, 3.63) is 53.3 Å². The average Bonchev–Trinajstić information content (AvgIpc) is 3.27. The monoisotopic (exact) mass is 360 g/mol. The molecule has 0 unspecified atom stereocenters. The standard InChI is InChI=1S/C19H16N6O2/c20-8-3-9-25-17(22-23-24-25)7-6-12-10-14(19(21)26)18-13-4-1-2-5-15(13)27-16(18)11-12/h1-2,4-5,10-11H,3,6-7,9H2,(H2,21,26). The Hall–Kier alpha value is -3.73. The molecule has 134 valence electrons. The number of rotatable bonds is 6. The largest absolute Gasteiger partial charge is 0.456 e. The molecule has 4 rings (SSSR count). The molecule has 2 N–H and O–H groups in total. The zero-order chi connectivity index (χ0) is 18.8. The first kappa shape index (κ1) is 16.7. The van der Waals surface area contributed by atoms with Crippen molar-refractivity contribution in [3.8, 4) is 6.07 Å². The lowest BCUT2D eigenvalue weighted by atomic mass is 10.00. The fourth-order valence-electron chi connectivity index (χ4n) is 3.24. The van der Waals surface area contributed by atoms with Gasteiger partial charge in [0.05, 0.1) is 24.6 Å². The van der Waals surface area contributed by atoms with Gasteiger partial charge in [0.2, 0.25) is 5.91 Å². The van der Waals surface area contributed by atoms with Gasteiger partial charge >= 0.3 is 0 Å². The Morgan fingerprint density at radius 2 is 2.07 bits per heavy atom. The van der Waals surface area contributed by atoms with E-state index in [0.717, 1.165) is 16.3 Å². The number of aryl methyl sites for hydroxylation is 3. The normalized spacial score (nSPS) is 11.1. The number of hydrogen-bond acceptors (Lipinski definition) is 6. The van der Waals surface area contributed by atoms with Crippen molar-refractivity contribution in [2.45, 2.75) is 25.8 Å². The SMILES string of the molecule is N#CCCn1nnnc1CCc1cc(C(N)=O)c2c(c1)oc1ccccc12. The van der Waals surface area contributed by atoms with Crippen LogP contribution in [0.3, 0.4) is 0 Å². The van der Waals surface area contributed by atoms with Gasteiger partial charge < -0.3 is 10.2 Å². The molecule has 4 aromatic rings. The second-order valence-electron chi connectivity index (χ2n) is 6.21. The van der Waals surface area contributed by atoms with Crippen molar-refractivity contribution < 1.29 is 9.21 Å². The Morgan fingerprint density at radius 1 is 1.22 bits per heavy atom. The van der Waals surface area contributed by atoms with E-state index < -0.39 is 5.91 Å². The molecule has 0 saturated carbocycles. The molecular weight excluding hydrogens is 344 g/mol. The lowest BCUT2D eigenvalue weighted by molar-refractivity contribution is 0.100. The second-order valence-corrected chi connectivity index (χ2v) is 6.21. The summed E-state index contributed by atoms with van der Waals surface area (Å²) in [5.74, 6) is 0.197. The van der Waals surface area contributed by atoms with Crippen LogP contribution < -0.4 is 5.73 Å². The minimum absolute atomic E-state index is 0.342. The van der Waals surface area contributed by atoms with Gasteiger partial charge in [0.1, 0.15) is 11.2 Å². The van der Waals surface area contributed by atoms with E-state index in [2.05, 4.69) is 21.6 Å². The molecule has 0 fully saturated rings. The lowest BCUT2D eigenvalue weighted by Gasteiger charge is -2.06. The summed E-state index contributed by atoms with van der Waals surface area (Å²) in [7, 11) is 0. The van der Waals surface area contributed by atoms with Gasteiger partial charge in [0.25, 0.3) is 0 Å². The number of para-hydroxylation sites is 1. The topological polar surface area (TPSA) is 124 Å². The van der Waals surface area contributed by atoms with Crippen molar-refractivity contribution in [1.82, 2.24) is 20.2 Å². The summed E-state index contributed by atoms with van der Waals surface area (Å²) in [6.45, 7) is 0.452. The van der Waals surface area contributed by atoms with Crippen LogP contribution in [0.25, 0.3) is 21.9 Å². The maximum atomic E-state index is 12.0. The van der Waals surface area contributed by atoms with Crippen LogP contribution in [0.15, 0.2) is 40.8 Å². The number of nitrogens with two attached hydrogens (primary N) is 1. The minimum atomic E-state index is -0.493. The van der Waals surface area contributed by atoms with Crippen LogP contribution in [0.2, 0.25) is 0 Å². The highest BCUT2D eigenvalue weighted by molar-refractivity contribution is 6.16. The molecule has 2 heterocycles. The van der Waals surface area contributed by atoms with Gasteiger partial charge in [0, 0.05) is 17.2 Å². The van der Waals surface area contributed by atoms with Crippen molar-refractivity contribution in [2.75, 3.05) is 0 Å². The molecule has 0 spiro atoms. The first-order chi connectivity index (χ1) is 13.2. The molecule has 0 saturated heterocycles. The summed E-state index contributed by atoms with van der Waals surface area (Å²) < 4.78 is 7.53. The minimum Gasteiger partial charge on any atom is -0.456 e. The third-order valence-electron chi connectivity index (χ3n) is 4.48. The van der Waals surface area contributed by atoms with Crippen molar-refractivity contribution in [3.63, 3.8) is 0 Å². The number of tetrazole rings is 1. The number of carbonyl (C=O) groups is 1. The number of furan rings is 1. The van der Waals surface area contributed by atoms with Crippen LogP contribution in [-0.4, -0.2) is 26.1 Å². The molecule has 1 amide bonds. The summed E-state index contributed by atoms with van der Waals surface area (Å²) in [4.78, 5) is 12.0. The highest BCUT2D eigenvalue weighted by Crippen LogP contribution is 2.32. The molecule has 8 nitrogen and oxygen atoms in total. The van der Waals surface area contributed by atoms with Crippen molar-refractivity contribution in [1.29, 1.82) is 5.26 Å². The smallest absolute Gasteiger partial charge is 0.249 e. The van der Waals surface area contributed by atoms with E-state index in [-0.39, 0.29) is 0 Å². The van der Waals surface area contributed by atoms with Crippen LogP contribution in [0.4, 0.5) is 0 Å². The number of amides is 1. The van der Waals surface area contributed by atoms with E-state index in [1.54, 1.807) is 10.7 Å². The van der Waals surface area contributed by atoms with Gasteiger partial charge in [-0.1, -0.05) is 18.2 Å². The molecular formula is C19H16N6O2. The quantitative estimate of drug-likeness (QED) is 0.563. The maximum absolute atomic E-state index is 12.0. The summed E-state index contributed by atoms with van der Waals surface area (Å²) in [5, 5.41) is 21.9. The number of fused-ring (bicyclic) bond motifs is 3. The molecule has 8 heteroatoms. The summed E-state index contributed by atoms with van der Waals surface area (Å²) in [6, 6.07) is 13.4. The first-order valence-corrected chi connectivity index (χ1v) is 8.53. The van der Waals surface area contributed by atoms with Crippen LogP contribution in [0.1, 0.15) is 28.2 Å². The van der Waals surface area contributed by atoms with Crippen molar-refractivity contribution in [2.24, 2.45) is 5.73 Å². The number of carbonyl (C=O) groups excluding carboxylic acids is 1. The zero-order valence-corrected chi connectivity index (χ0v) is 14.4.